The summed E-state index contributed by atoms with van der Waals surface area (Å²) in [5, 5.41) is 13.4. The van der Waals surface area contributed by atoms with Crippen LogP contribution >= 0.6 is 0 Å². The molecule has 0 atom stereocenters. The second-order valence-corrected chi connectivity index (χ2v) is 7.22. The first-order chi connectivity index (χ1) is 13.7. The minimum absolute atomic E-state index is 0.0356. The first-order valence-corrected chi connectivity index (χ1v) is 9.84. The molecule has 144 valence electrons. The van der Waals surface area contributed by atoms with Crippen LogP contribution in [-0.4, -0.2) is 40.5 Å². The summed E-state index contributed by atoms with van der Waals surface area (Å²) in [5.41, 5.74) is 4.84. The fraction of sp³-hybridized carbons (Fsp3) is 0.304. The topological polar surface area (TPSA) is 65.5 Å². The van der Waals surface area contributed by atoms with Gasteiger partial charge in [-0.2, -0.15) is 0 Å². The van der Waals surface area contributed by atoms with Crippen molar-refractivity contribution in [2.45, 2.75) is 26.3 Å². The molecule has 0 aliphatic carbocycles. The van der Waals surface area contributed by atoms with Crippen LogP contribution in [0.15, 0.2) is 48.5 Å². The number of benzene rings is 2. The van der Waals surface area contributed by atoms with E-state index in [9.17, 15) is 9.90 Å². The number of fused-ring (bicyclic) bond motifs is 2. The van der Waals surface area contributed by atoms with Crippen molar-refractivity contribution in [3.8, 4) is 5.75 Å². The Hall–Kier alpha value is -2.92. The van der Waals surface area contributed by atoms with E-state index < -0.39 is 0 Å². The number of carbonyl (C=O) groups excluding carboxylic acids is 1. The van der Waals surface area contributed by atoms with E-state index in [4.69, 9.17) is 4.98 Å². The van der Waals surface area contributed by atoms with E-state index in [1.165, 1.54) is 0 Å². The monoisotopic (exact) mass is 375 g/mol. The fourth-order valence-corrected chi connectivity index (χ4v) is 3.85. The summed E-state index contributed by atoms with van der Waals surface area (Å²) in [6.45, 7) is 5.42. The number of para-hydroxylation sites is 1. The lowest BCUT2D eigenvalue weighted by atomic mass is 9.95. The normalized spacial score (nSPS) is 14.0. The smallest absolute Gasteiger partial charge is 0.252 e. The van der Waals surface area contributed by atoms with Crippen molar-refractivity contribution in [1.82, 2.24) is 15.2 Å². The molecule has 3 aromatic rings. The van der Waals surface area contributed by atoms with E-state index in [0.717, 1.165) is 65.8 Å². The van der Waals surface area contributed by atoms with E-state index in [2.05, 4.69) is 17.1 Å². The second-order valence-electron chi connectivity index (χ2n) is 7.22. The molecule has 4 rings (SSSR count). The van der Waals surface area contributed by atoms with Gasteiger partial charge in [-0.3, -0.25) is 14.7 Å². The van der Waals surface area contributed by atoms with Gasteiger partial charge in [0, 0.05) is 42.7 Å². The van der Waals surface area contributed by atoms with Crippen molar-refractivity contribution in [1.29, 1.82) is 0 Å². The highest BCUT2D eigenvalue weighted by molar-refractivity contribution is 6.07. The third-order valence-corrected chi connectivity index (χ3v) is 5.44. The number of phenolic OH excluding ortho intramolecular Hbond substituents is 1. The van der Waals surface area contributed by atoms with Crippen LogP contribution in [-0.2, 0) is 19.4 Å². The molecule has 0 saturated heterocycles. The van der Waals surface area contributed by atoms with Crippen molar-refractivity contribution in [3.63, 3.8) is 0 Å². The first kappa shape index (κ1) is 18.4. The highest BCUT2D eigenvalue weighted by atomic mass is 16.3. The Bertz CT molecular complexity index is 999. The molecule has 1 amide bonds. The van der Waals surface area contributed by atoms with Crippen LogP contribution in [0.5, 0.6) is 5.75 Å². The number of likely N-dealkylation sites (N-methyl/N-ethyl adjacent to an activating group) is 1. The van der Waals surface area contributed by atoms with Gasteiger partial charge in [0.05, 0.1) is 11.1 Å². The van der Waals surface area contributed by atoms with Gasteiger partial charge in [-0.25, -0.2) is 0 Å². The Morgan fingerprint density at radius 3 is 2.75 bits per heavy atom. The van der Waals surface area contributed by atoms with Crippen molar-refractivity contribution in [2.75, 3.05) is 19.6 Å². The summed E-state index contributed by atoms with van der Waals surface area (Å²) in [6.07, 6.45) is 1.60. The summed E-state index contributed by atoms with van der Waals surface area (Å²) in [4.78, 5) is 20.4. The zero-order valence-electron chi connectivity index (χ0n) is 16.1. The van der Waals surface area contributed by atoms with Gasteiger partial charge >= 0.3 is 0 Å². The molecular formula is C23H25N3O2. The molecule has 1 aliphatic heterocycles. The predicted octanol–water partition coefficient (Wildman–Crippen LogP) is 3.29. The number of aromatic nitrogens is 1. The Labute approximate surface area is 165 Å². The van der Waals surface area contributed by atoms with E-state index in [1.807, 2.05) is 36.4 Å². The Morgan fingerprint density at radius 2 is 1.96 bits per heavy atom. The number of aromatic hydroxyl groups is 1. The average molecular weight is 375 g/mol. The van der Waals surface area contributed by atoms with Gasteiger partial charge in [0.25, 0.3) is 5.91 Å². The van der Waals surface area contributed by atoms with Gasteiger partial charge in [0.2, 0.25) is 0 Å². The molecule has 1 aromatic heterocycles. The van der Waals surface area contributed by atoms with E-state index in [-0.39, 0.29) is 11.7 Å². The molecule has 28 heavy (non-hydrogen) atoms. The number of carbonyl (C=O) groups is 1. The minimum Gasteiger partial charge on any atom is -0.508 e. The summed E-state index contributed by atoms with van der Waals surface area (Å²) >= 11 is 0. The lowest BCUT2D eigenvalue weighted by molar-refractivity contribution is 0.0953. The second kappa shape index (κ2) is 7.98. The Morgan fingerprint density at radius 1 is 1.18 bits per heavy atom. The standard InChI is InChI=1S/C23H25N3O2/c1-2-26-14-12-21-19(15-26)22(18-5-3-4-6-20(18)25-21)23(28)24-13-11-16-7-9-17(27)10-8-16/h3-10,27H,2,11-15H2,1H3,(H,24,28). The molecule has 1 aliphatic rings. The van der Waals surface area contributed by atoms with Crippen molar-refractivity contribution < 1.29 is 9.90 Å². The quantitative estimate of drug-likeness (QED) is 0.718. The molecule has 2 aromatic carbocycles. The van der Waals surface area contributed by atoms with Crippen LogP contribution in [0, 0.1) is 0 Å². The van der Waals surface area contributed by atoms with Crippen LogP contribution in [0.25, 0.3) is 10.9 Å². The first-order valence-electron chi connectivity index (χ1n) is 9.84. The third-order valence-electron chi connectivity index (χ3n) is 5.44. The van der Waals surface area contributed by atoms with Gasteiger partial charge in [-0.05, 0) is 36.7 Å². The van der Waals surface area contributed by atoms with E-state index in [0.29, 0.717) is 6.54 Å². The van der Waals surface area contributed by atoms with Gasteiger partial charge in [-0.15, -0.1) is 0 Å². The third kappa shape index (κ3) is 3.71. The largest absolute Gasteiger partial charge is 0.508 e. The number of nitrogens with zero attached hydrogens (tertiary/aromatic N) is 2. The summed E-state index contributed by atoms with van der Waals surface area (Å²) in [7, 11) is 0. The van der Waals surface area contributed by atoms with Crippen molar-refractivity contribution in [3.05, 3.63) is 70.9 Å². The van der Waals surface area contributed by atoms with Crippen LogP contribution in [0.2, 0.25) is 0 Å². The predicted molar refractivity (Wildman–Crippen MR) is 111 cm³/mol. The number of nitrogens with one attached hydrogen (secondary N) is 1. The summed E-state index contributed by atoms with van der Waals surface area (Å²) in [6, 6.07) is 15.0. The average Bonchev–Trinajstić information content (AvgIpc) is 2.73. The molecular weight excluding hydrogens is 350 g/mol. The molecule has 5 heteroatoms. The summed E-state index contributed by atoms with van der Waals surface area (Å²) < 4.78 is 0. The molecule has 0 radical (unpaired) electrons. The number of rotatable bonds is 5. The van der Waals surface area contributed by atoms with Crippen LogP contribution in [0.4, 0.5) is 0 Å². The SMILES string of the molecule is CCN1CCc2nc3ccccc3c(C(=O)NCCc3ccc(O)cc3)c2C1. The zero-order chi connectivity index (χ0) is 19.5. The Kier molecular flexibility index (Phi) is 5.26. The maximum atomic E-state index is 13.2. The highest BCUT2D eigenvalue weighted by Crippen LogP contribution is 2.28. The number of hydrogen-bond donors (Lipinski definition) is 2. The van der Waals surface area contributed by atoms with Crippen molar-refractivity contribution in [2.24, 2.45) is 0 Å². The molecule has 0 bridgehead atoms. The van der Waals surface area contributed by atoms with Gasteiger partial charge in [-0.1, -0.05) is 37.3 Å². The van der Waals surface area contributed by atoms with E-state index in [1.54, 1.807) is 12.1 Å². The minimum atomic E-state index is -0.0356. The maximum Gasteiger partial charge on any atom is 0.252 e. The lowest BCUT2D eigenvalue weighted by Gasteiger charge is -2.29. The van der Waals surface area contributed by atoms with Crippen molar-refractivity contribution >= 4 is 16.8 Å². The lowest BCUT2D eigenvalue weighted by Crippen LogP contribution is -2.34. The van der Waals surface area contributed by atoms with E-state index >= 15 is 0 Å². The molecule has 2 N–H and O–H groups in total. The highest BCUT2D eigenvalue weighted by Gasteiger charge is 2.25. The Balaban J connectivity index is 1.60. The molecule has 2 heterocycles. The maximum absolute atomic E-state index is 13.2. The van der Waals surface area contributed by atoms with Gasteiger partial charge in [0.15, 0.2) is 0 Å². The summed E-state index contributed by atoms with van der Waals surface area (Å²) in [5.74, 6) is 0.217. The van der Waals surface area contributed by atoms with Gasteiger partial charge in [0.1, 0.15) is 5.75 Å². The number of phenols is 1. The number of pyridine rings is 1. The molecule has 0 unspecified atom stereocenters. The fourth-order valence-electron chi connectivity index (χ4n) is 3.85. The molecule has 0 saturated carbocycles. The van der Waals surface area contributed by atoms with Crippen LogP contribution < -0.4 is 5.32 Å². The van der Waals surface area contributed by atoms with Gasteiger partial charge < -0.3 is 10.4 Å². The van der Waals surface area contributed by atoms with Crippen LogP contribution in [0.3, 0.4) is 0 Å². The zero-order valence-corrected chi connectivity index (χ0v) is 16.1. The van der Waals surface area contributed by atoms with Crippen LogP contribution in [0.1, 0.15) is 34.1 Å². The molecule has 0 fully saturated rings. The number of amides is 1. The molecule has 0 spiro atoms. The molecule has 5 nitrogen and oxygen atoms in total. The number of hydrogen-bond acceptors (Lipinski definition) is 4.